The number of amides is 1. The van der Waals surface area contributed by atoms with Crippen LogP contribution in [0.1, 0.15) is 31.2 Å². The van der Waals surface area contributed by atoms with Crippen LogP contribution < -0.4 is 9.46 Å². The average Bonchev–Trinajstić information content (AvgIpc) is 2.54. The fraction of sp³-hybridized carbons (Fsp3) is 0.588. The molecule has 1 amide bonds. The summed E-state index contributed by atoms with van der Waals surface area (Å²) in [5.74, 6) is 0.793. The van der Waals surface area contributed by atoms with E-state index in [1.807, 2.05) is 29.2 Å². The third kappa shape index (κ3) is 5.49. The summed E-state index contributed by atoms with van der Waals surface area (Å²) >= 11 is 0. The number of para-hydroxylation sites is 1. The van der Waals surface area contributed by atoms with E-state index in [9.17, 15) is 13.2 Å². The van der Waals surface area contributed by atoms with E-state index in [0.717, 1.165) is 43.4 Å². The van der Waals surface area contributed by atoms with Crippen molar-refractivity contribution in [2.24, 2.45) is 0 Å². The van der Waals surface area contributed by atoms with Crippen molar-refractivity contribution in [3.8, 4) is 5.75 Å². The molecule has 1 N–H and O–H groups in total. The number of nitrogens with one attached hydrogen (secondary N) is 1. The largest absolute Gasteiger partial charge is 0.496 e. The molecule has 24 heavy (non-hydrogen) atoms. The number of hydrogen-bond donors (Lipinski definition) is 1. The normalized spacial score (nSPS) is 18.4. The van der Waals surface area contributed by atoms with E-state index in [2.05, 4.69) is 4.72 Å². The number of nitrogens with zero attached hydrogens (tertiary/aromatic N) is 1. The lowest BCUT2D eigenvalue weighted by Crippen LogP contribution is -2.45. The number of rotatable bonds is 7. The minimum atomic E-state index is -3.19. The van der Waals surface area contributed by atoms with Crippen LogP contribution in [0.2, 0.25) is 0 Å². The highest BCUT2D eigenvalue weighted by Crippen LogP contribution is 2.23. The van der Waals surface area contributed by atoms with Crippen molar-refractivity contribution in [1.29, 1.82) is 0 Å². The number of likely N-dealkylation sites (tertiary alicyclic amines) is 1. The summed E-state index contributed by atoms with van der Waals surface area (Å²) in [6.07, 6.45) is 5.09. The van der Waals surface area contributed by atoms with Gasteiger partial charge in [-0.25, -0.2) is 13.1 Å². The molecule has 0 bridgehead atoms. The van der Waals surface area contributed by atoms with Gasteiger partial charge < -0.3 is 9.64 Å². The minimum absolute atomic E-state index is 0.0727. The fourth-order valence-corrected chi connectivity index (χ4v) is 3.64. The third-order valence-electron chi connectivity index (χ3n) is 4.32. The van der Waals surface area contributed by atoms with Crippen molar-refractivity contribution >= 4 is 15.9 Å². The second-order valence-electron chi connectivity index (χ2n) is 6.18. The highest BCUT2D eigenvalue weighted by Gasteiger charge is 2.27. The molecule has 1 aliphatic rings. The number of hydrogen-bond acceptors (Lipinski definition) is 4. The van der Waals surface area contributed by atoms with Crippen LogP contribution in [-0.4, -0.2) is 51.7 Å². The molecule has 6 nitrogen and oxygen atoms in total. The minimum Gasteiger partial charge on any atom is -0.496 e. The zero-order valence-corrected chi connectivity index (χ0v) is 15.1. The van der Waals surface area contributed by atoms with Gasteiger partial charge in [0.2, 0.25) is 15.9 Å². The molecule has 1 aromatic rings. The number of sulfonamides is 1. The van der Waals surface area contributed by atoms with E-state index >= 15 is 0 Å². The van der Waals surface area contributed by atoms with E-state index in [0.29, 0.717) is 19.4 Å². The molecule has 0 spiro atoms. The molecule has 0 aliphatic carbocycles. The lowest BCUT2D eigenvalue weighted by Gasteiger charge is -2.36. The number of carbonyl (C=O) groups excluding carboxylic acids is 1. The maximum Gasteiger partial charge on any atom is 0.227 e. The second-order valence-corrected chi connectivity index (χ2v) is 8.01. The van der Waals surface area contributed by atoms with Crippen LogP contribution in [0.15, 0.2) is 24.3 Å². The van der Waals surface area contributed by atoms with E-state index in [1.165, 1.54) is 0 Å². The molecule has 0 radical (unpaired) electrons. The third-order valence-corrected chi connectivity index (χ3v) is 5.05. The Morgan fingerprint density at radius 1 is 1.33 bits per heavy atom. The summed E-state index contributed by atoms with van der Waals surface area (Å²) in [7, 11) is -1.59. The van der Waals surface area contributed by atoms with Gasteiger partial charge in [-0.3, -0.25) is 4.79 Å². The van der Waals surface area contributed by atoms with Crippen molar-refractivity contribution in [3.05, 3.63) is 29.8 Å². The summed E-state index contributed by atoms with van der Waals surface area (Å²) < 4.78 is 30.2. The van der Waals surface area contributed by atoms with E-state index in [4.69, 9.17) is 4.74 Å². The van der Waals surface area contributed by atoms with Crippen molar-refractivity contribution in [1.82, 2.24) is 9.62 Å². The van der Waals surface area contributed by atoms with E-state index in [1.54, 1.807) is 7.11 Å². The molecule has 1 fully saturated rings. The monoisotopic (exact) mass is 354 g/mol. The van der Waals surface area contributed by atoms with Crippen molar-refractivity contribution in [3.63, 3.8) is 0 Å². The van der Waals surface area contributed by atoms with Gasteiger partial charge in [0, 0.05) is 24.7 Å². The van der Waals surface area contributed by atoms with Crippen LogP contribution in [0.4, 0.5) is 0 Å². The number of methoxy groups -OCH3 is 1. The Bertz CT molecular complexity index is 660. The van der Waals surface area contributed by atoms with Crippen molar-refractivity contribution in [2.45, 2.75) is 38.1 Å². The van der Waals surface area contributed by atoms with Gasteiger partial charge in [0.15, 0.2) is 0 Å². The molecule has 1 saturated heterocycles. The Morgan fingerprint density at radius 2 is 2.08 bits per heavy atom. The number of carbonyl (C=O) groups is 1. The van der Waals surface area contributed by atoms with E-state index in [-0.39, 0.29) is 11.9 Å². The summed E-state index contributed by atoms with van der Waals surface area (Å²) in [5.41, 5.74) is 0.878. The molecule has 2 rings (SSSR count). The first-order valence-electron chi connectivity index (χ1n) is 8.26. The Morgan fingerprint density at radius 3 is 2.79 bits per heavy atom. The summed E-state index contributed by atoms with van der Waals surface area (Å²) in [4.78, 5) is 14.6. The smallest absolute Gasteiger partial charge is 0.227 e. The predicted molar refractivity (Wildman–Crippen MR) is 93.5 cm³/mol. The van der Waals surface area contributed by atoms with Gasteiger partial charge in [0.25, 0.3) is 0 Å². The second kappa shape index (κ2) is 8.48. The van der Waals surface area contributed by atoms with Crippen LogP contribution >= 0.6 is 0 Å². The lowest BCUT2D eigenvalue weighted by molar-refractivity contribution is -0.134. The zero-order chi connectivity index (χ0) is 17.6. The van der Waals surface area contributed by atoms with Crippen LogP contribution in [0.25, 0.3) is 0 Å². The molecule has 0 saturated carbocycles. The zero-order valence-electron chi connectivity index (χ0n) is 14.3. The predicted octanol–water partition coefficient (Wildman–Crippen LogP) is 1.56. The van der Waals surface area contributed by atoms with Crippen LogP contribution in [0, 0.1) is 0 Å². The topological polar surface area (TPSA) is 75.7 Å². The van der Waals surface area contributed by atoms with Crippen LogP contribution in [0.3, 0.4) is 0 Å². The Balaban J connectivity index is 1.99. The quantitative estimate of drug-likeness (QED) is 0.806. The molecule has 7 heteroatoms. The molecule has 1 aliphatic heterocycles. The van der Waals surface area contributed by atoms with Gasteiger partial charge in [-0.05, 0) is 31.7 Å². The summed E-state index contributed by atoms with van der Waals surface area (Å²) in [6, 6.07) is 7.63. The highest BCUT2D eigenvalue weighted by atomic mass is 32.2. The summed E-state index contributed by atoms with van der Waals surface area (Å²) in [6.45, 7) is 1.10. The molecule has 1 heterocycles. The molecule has 134 valence electrons. The van der Waals surface area contributed by atoms with Crippen LogP contribution in [0.5, 0.6) is 5.75 Å². The standard InChI is InChI=1S/C17H26N2O4S/c1-23-16-9-4-3-7-14(16)13-17(20)19-12-6-5-8-15(19)10-11-18-24(2,21)22/h3-4,7,9,15,18H,5-6,8,10-13H2,1-2H3. The van der Waals surface area contributed by atoms with Gasteiger partial charge in [0.05, 0.1) is 19.8 Å². The molecular weight excluding hydrogens is 328 g/mol. The fourth-order valence-electron chi connectivity index (χ4n) is 3.15. The van der Waals surface area contributed by atoms with Crippen molar-refractivity contribution in [2.75, 3.05) is 26.5 Å². The molecule has 1 atom stereocenters. The summed E-state index contributed by atoms with van der Waals surface area (Å²) in [5, 5.41) is 0. The van der Waals surface area contributed by atoms with Gasteiger partial charge in [-0.2, -0.15) is 0 Å². The van der Waals surface area contributed by atoms with Crippen molar-refractivity contribution < 1.29 is 17.9 Å². The first kappa shape index (κ1) is 18.7. The number of ether oxygens (including phenoxy) is 1. The van der Waals surface area contributed by atoms with Gasteiger partial charge in [-0.1, -0.05) is 18.2 Å². The van der Waals surface area contributed by atoms with Crippen LogP contribution in [-0.2, 0) is 21.2 Å². The van der Waals surface area contributed by atoms with Gasteiger partial charge >= 0.3 is 0 Å². The SMILES string of the molecule is COc1ccccc1CC(=O)N1CCCCC1CCNS(C)(=O)=O. The Labute approximate surface area is 144 Å². The maximum atomic E-state index is 12.7. The highest BCUT2D eigenvalue weighted by molar-refractivity contribution is 7.88. The maximum absolute atomic E-state index is 12.7. The molecule has 1 unspecified atom stereocenters. The lowest BCUT2D eigenvalue weighted by atomic mass is 9.98. The van der Waals surface area contributed by atoms with Gasteiger partial charge in [-0.15, -0.1) is 0 Å². The average molecular weight is 354 g/mol. The number of benzene rings is 1. The first-order valence-corrected chi connectivity index (χ1v) is 10.2. The molecular formula is C17H26N2O4S. The Hall–Kier alpha value is -1.60. The molecule has 1 aromatic carbocycles. The first-order chi connectivity index (χ1) is 11.4. The molecule has 0 aromatic heterocycles. The Kier molecular flexibility index (Phi) is 6.62. The van der Waals surface area contributed by atoms with E-state index < -0.39 is 10.0 Å². The van der Waals surface area contributed by atoms with Gasteiger partial charge in [0.1, 0.15) is 5.75 Å². The number of piperidine rings is 1.